The Morgan fingerprint density at radius 2 is 2.06 bits per heavy atom. The maximum absolute atomic E-state index is 13.0. The maximum atomic E-state index is 13.0. The lowest BCUT2D eigenvalue weighted by Gasteiger charge is -2.53. The second-order valence-electron chi connectivity index (χ2n) is 8.95. The van der Waals surface area contributed by atoms with Crippen molar-refractivity contribution in [2.24, 2.45) is 7.05 Å². The first-order chi connectivity index (χ1) is 16.0. The predicted molar refractivity (Wildman–Crippen MR) is 122 cm³/mol. The van der Waals surface area contributed by atoms with Crippen molar-refractivity contribution in [3.63, 3.8) is 0 Å². The smallest absolute Gasteiger partial charge is 0.321 e. The van der Waals surface area contributed by atoms with Gasteiger partial charge in [0.15, 0.2) is 11.5 Å². The molecule has 2 amide bonds. The number of nitrogens with zero attached hydrogens (tertiary/aromatic N) is 2. The monoisotopic (exact) mass is 450 g/mol. The van der Waals surface area contributed by atoms with Crippen molar-refractivity contribution in [1.82, 2.24) is 14.8 Å². The van der Waals surface area contributed by atoms with Gasteiger partial charge in [0.05, 0.1) is 25.3 Å². The molecule has 1 fully saturated rings. The number of carbonyl (C=O) groups excluding carboxylic acids is 1. The van der Waals surface area contributed by atoms with E-state index in [1.54, 1.807) is 19.2 Å². The average molecular weight is 450 g/mol. The van der Waals surface area contributed by atoms with Gasteiger partial charge in [-0.3, -0.25) is 0 Å². The number of ether oxygens (including phenoxy) is 3. The summed E-state index contributed by atoms with van der Waals surface area (Å²) < 4.78 is 18.3. The van der Waals surface area contributed by atoms with E-state index >= 15 is 0 Å². The summed E-state index contributed by atoms with van der Waals surface area (Å²) in [6.07, 6.45) is 0. The number of nitrogens with one attached hydrogen (secondary N) is 2. The number of urea groups is 1. The Bertz CT molecular complexity index is 1260. The van der Waals surface area contributed by atoms with Crippen molar-refractivity contribution in [1.29, 1.82) is 0 Å². The highest BCUT2D eigenvalue weighted by Gasteiger charge is 2.52. The van der Waals surface area contributed by atoms with E-state index in [4.69, 9.17) is 14.2 Å². The molecule has 9 heteroatoms. The van der Waals surface area contributed by atoms with E-state index in [9.17, 15) is 9.90 Å². The number of aliphatic hydroxyl groups excluding tert-OH is 1. The van der Waals surface area contributed by atoms with Crippen LogP contribution in [0.15, 0.2) is 36.4 Å². The number of fused-ring (bicyclic) bond motifs is 5. The summed E-state index contributed by atoms with van der Waals surface area (Å²) in [6, 6.07) is 11.2. The van der Waals surface area contributed by atoms with Crippen molar-refractivity contribution in [3.8, 4) is 17.2 Å². The quantitative estimate of drug-likeness (QED) is 0.567. The Balaban J connectivity index is 1.29. The topological polar surface area (TPSA) is 97.2 Å². The van der Waals surface area contributed by atoms with E-state index in [1.807, 2.05) is 30.1 Å². The SMILES string of the molecule is COc1ccc2c3c(n(C)c2c1)[C@H](CO)NCC31CN(C(=O)Nc2ccc3c(c2)OCO3)C1. The largest absolute Gasteiger partial charge is 0.497 e. The standard InChI is InChI=1S/C24H26N4O5/c1-27-18-8-15(31-2)4-5-16(18)21-22(27)17(9-29)25-10-24(21)11-28(12-24)23(30)26-14-3-6-19-20(7-14)33-13-32-19/h3-8,17,25,29H,9-13H2,1-2H3,(H,26,30)/t17-/m0/s1. The zero-order valence-electron chi connectivity index (χ0n) is 18.6. The molecule has 3 aliphatic rings. The van der Waals surface area contributed by atoms with Gasteiger partial charge >= 0.3 is 6.03 Å². The van der Waals surface area contributed by atoms with Gasteiger partial charge in [-0.2, -0.15) is 0 Å². The molecule has 0 bridgehead atoms. The molecule has 33 heavy (non-hydrogen) atoms. The zero-order chi connectivity index (χ0) is 22.7. The molecule has 6 rings (SSSR count). The zero-order valence-corrected chi connectivity index (χ0v) is 18.6. The molecule has 0 unspecified atom stereocenters. The fraction of sp³-hybridized carbons (Fsp3) is 0.375. The third-order valence-electron chi connectivity index (χ3n) is 7.08. The number of benzene rings is 2. The van der Waals surface area contributed by atoms with Crippen molar-refractivity contribution in [2.75, 3.05) is 45.5 Å². The normalized spacial score (nSPS) is 20.0. The number of aromatic nitrogens is 1. The molecule has 1 spiro atoms. The number of aryl methyl sites for hydroxylation is 1. The highest BCUT2D eigenvalue weighted by Crippen LogP contribution is 2.47. The van der Waals surface area contributed by atoms with Crippen LogP contribution in [0.4, 0.5) is 10.5 Å². The summed E-state index contributed by atoms with van der Waals surface area (Å²) in [6.45, 7) is 2.09. The second kappa shape index (κ2) is 7.29. The van der Waals surface area contributed by atoms with Crippen LogP contribution in [0, 0.1) is 0 Å². The maximum Gasteiger partial charge on any atom is 0.321 e. The van der Waals surface area contributed by atoms with E-state index in [-0.39, 0.29) is 30.9 Å². The summed E-state index contributed by atoms with van der Waals surface area (Å²) in [5.74, 6) is 2.11. The third-order valence-corrected chi connectivity index (χ3v) is 7.08. The van der Waals surface area contributed by atoms with Gasteiger partial charge in [-0.1, -0.05) is 0 Å². The minimum absolute atomic E-state index is 0.0126. The number of anilines is 1. The van der Waals surface area contributed by atoms with Crippen LogP contribution in [0.1, 0.15) is 17.3 Å². The summed E-state index contributed by atoms with van der Waals surface area (Å²) in [5, 5.41) is 17.6. The van der Waals surface area contributed by atoms with Crippen LogP contribution in [0.25, 0.3) is 10.9 Å². The van der Waals surface area contributed by atoms with Crippen molar-refractivity contribution in [3.05, 3.63) is 47.7 Å². The Kier molecular flexibility index (Phi) is 4.46. The van der Waals surface area contributed by atoms with Crippen LogP contribution < -0.4 is 24.8 Å². The lowest BCUT2D eigenvalue weighted by Crippen LogP contribution is -2.67. The van der Waals surface area contributed by atoms with Crippen molar-refractivity contribution >= 4 is 22.6 Å². The average Bonchev–Trinajstić information content (AvgIpc) is 3.39. The third kappa shape index (κ3) is 2.96. The number of methoxy groups -OCH3 is 1. The number of aliphatic hydroxyl groups is 1. The van der Waals surface area contributed by atoms with E-state index in [0.717, 1.165) is 22.3 Å². The number of hydrogen-bond acceptors (Lipinski definition) is 6. The molecule has 0 radical (unpaired) electrons. The lowest BCUT2D eigenvalue weighted by atomic mass is 9.69. The number of carbonyl (C=O) groups is 1. The predicted octanol–water partition coefficient (Wildman–Crippen LogP) is 2.34. The van der Waals surface area contributed by atoms with Crippen LogP contribution in [-0.4, -0.2) is 60.7 Å². The van der Waals surface area contributed by atoms with Gasteiger partial charge in [0.2, 0.25) is 6.79 Å². The van der Waals surface area contributed by atoms with Crippen LogP contribution in [-0.2, 0) is 12.5 Å². The molecule has 3 aromatic rings. The van der Waals surface area contributed by atoms with Crippen LogP contribution in [0.5, 0.6) is 17.2 Å². The number of rotatable bonds is 3. The highest BCUT2D eigenvalue weighted by molar-refractivity contribution is 5.92. The molecular weight excluding hydrogens is 424 g/mol. The molecule has 172 valence electrons. The molecule has 4 heterocycles. The molecule has 0 saturated carbocycles. The molecule has 3 N–H and O–H groups in total. The lowest BCUT2D eigenvalue weighted by molar-refractivity contribution is 0.0834. The second-order valence-corrected chi connectivity index (χ2v) is 8.95. The summed E-state index contributed by atoms with van der Waals surface area (Å²) in [4.78, 5) is 14.8. The Morgan fingerprint density at radius 3 is 2.85 bits per heavy atom. The Morgan fingerprint density at radius 1 is 1.24 bits per heavy atom. The van der Waals surface area contributed by atoms with E-state index < -0.39 is 0 Å². The van der Waals surface area contributed by atoms with Gasteiger partial charge in [-0.05, 0) is 29.8 Å². The molecule has 9 nitrogen and oxygen atoms in total. The van der Waals surface area contributed by atoms with Crippen LogP contribution in [0.3, 0.4) is 0 Å². The minimum atomic E-state index is -0.207. The van der Waals surface area contributed by atoms with Crippen LogP contribution >= 0.6 is 0 Å². The van der Waals surface area contributed by atoms with Gasteiger partial charge in [0.1, 0.15) is 5.75 Å². The molecule has 1 saturated heterocycles. The summed E-state index contributed by atoms with van der Waals surface area (Å²) >= 11 is 0. The number of amides is 2. The molecule has 2 aromatic carbocycles. The van der Waals surface area contributed by atoms with Gasteiger partial charge < -0.3 is 39.4 Å². The van der Waals surface area contributed by atoms with Crippen molar-refractivity contribution < 1.29 is 24.1 Å². The first kappa shape index (κ1) is 20.2. The van der Waals surface area contributed by atoms with Gasteiger partial charge in [-0.15, -0.1) is 0 Å². The molecule has 1 aromatic heterocycles. The van der Waals surface area contributed by atoms with E-state index in [0.29, 0.717) is 36.8 Å². The number of hydrogen-bond donors (Lipinski definition) is 3. The molecular formula is C24H26N4O5. The molecule has 1 atom stereocenters. The molecule has 3 aliphatic heterocycles. The fourth-order valence-corrected chi connectivity index (χ4v) is 5.46. The van der Waals surface area contributed by atoms with Crippen LogP contribution in [0.2, 0.25) is 0 Å². The first-order valence-electron chi connectivity index (χ1n) is 11.0. The fourth-order valence-electron chi connectivity index (χ4n) is 5.46. The minimum Gasteiger partial charge on any atom is -0.497 e. The summed E-state index contributed by atoms with van der Waals surface area (Å²) in [5.41, 5.74) is 3.81. The van der Waals surface area contributed by atoms with Gasteiger partial charge in [0.25, 0.3) is 0 Å². The van der Waals surface area contributed by atoms with Crippen molar-refractivity contribution in [2.45, 2.75) is 11.5 Å². The Labute approximate surface area is 190 Å². The van der Waals surface area contributed by atoms with Gasteiger partial charge in [0, 0.05) is 61.0 Å². The Hall–Kier alpha value is -3.43. The highest BCUT2D eigenvalue weighted by atomic mass is 16.7. The van der Waals surface area contributed by atoms with E-state index in [1.165, 1.54) is 5.56 Å². The first-order valence-corrected chi connectivity index (χ1v) is 11.0. The van der Waals surface area contributed by atoms with E-state index in [2.05, 4.69) is 21.3 Å². The molecule has 0 aliphatic carbocycles. The van der Waals surface area contributed by atoms with Gasteiger partial charge in [-0.25, -0.2) is 4.79 Å². The number of likely N-dealkylation sites (tertiary alicyclic amines) is 1. The summed E-state index contributed by atoms with van der Waals surface area (Å²) in [7, 11) is 3.68.